The van der Waals surface area contributed by atoms with Gasteiger partial charge in [0, 0.05) is 24.3 Å². The van der Waals surface area contributed by atoms with Crippen molar-refractivity contribution in [1.82, 2.24) is 31.5 Å². The summed E-state index contributed by atoms with van der Waals surface area (Å²) in [5.41, 5.74) is 16.2. The largest absolute Gasteiger partial charge is 0.480 e. The number of carbonyl (C=O) groups excluding carboxylic acids is 5. The van der Waals surface area contributed by atoms with Crippen LogP contribution in [-0.2, 0) is 47.9 Å². The normalized spacial score (nSPS) is 23.5. The quantitative estimate of drug-likeness (QED) is 0.0334. The first-order valence-corrected chi connectivity index (χ1v) is 20.0. The molecule has 3 aliphatic rings. The zero-order chi connectivity index (χ0) is 45.3. The molecular weight excluding hydrogens is 851 g/mol. The van der Waals surface area contributed by atoms with E-state index in [4.69, 9.17) is 47.5 Å². The number of hydrogen-bond donors (Lipinski definition) is 15. The number of carboxylic acid groups (broad SMARTS) is 4. The monoisotopic (exact) mass is 897 g/mol. The lowest BCUT2D eigenvalue weighted by atomic mass is 10.1. The number of fused-ring (bicyclic) bond motifs is 1. The Morgan fingerprint density at radius 3 is 1.68 bits per heavy atom. The van der Waals surface area contributed by atoms with Gasteiger partial charge >= 0.3 is 23.9 Å². The average molecular weight is 898 g/mol. The number of guanidine groups is 1. The fourth-order valence-electron chi connectivity index (χ4n) is 5.04. The van der Waals surface area contributed by atoms with Crippen LogP contribution in [0.2, 0.25) is 0 Å². The summed E-state index contributed by atoms with van der Waals surface area (Å²) in [7, 11) is 1.89. The lowest BCUT2D eigenvalue weighted by molar-refractivity contribution is -0.140. The van der Waals surface area contributed by atoms with Gasteiger partial charge in [0.15, 0.2) is 24.4 Å². The molecule has 0 aromatic heterocycles. The lowest BCUT2D eigenvalue weighted by Crippen LogP contribution is -2.56. The Morgan fingerprint density at radius 1 is 0.817 bits per heavy atom. The Hall–Kier alpha value is -5.37. The minimum absolute atomic E-state index is 0.0431. The summed E-state index contributed by atoms with van der Waals surface area (Å²) >= 11 is 0. The van der Waals surface area contributed by atoms with Crippen molar-refractivity contribution in [2.24, 2.45) is 27.2 Å². The minimum atomic E-state index is -1.34. The van der Waals surface area contributed by atoms with Crippen LogP contribution < -0.4 is 43.8 Å². The fourth-order valence-corrected chi connectivity index (χ4v) is 7.37. The molecular formula is C30H47N11O17S2. The predicted octanol–water partition coefficient (Wildman–Crippen LogP) is -7.97. The second-order valence-electron chi connectivity index (χ2n) is 12.8. The number of aliphatic hydroxyl groups is 3. The maximum absolute atomic E-state index is 12.4. The first kappa shape index (κ1) is 50.8. The third-order valence-electron chi connectivity index (χ3n) is 8.23. The van der Waals surface area contributed by atoms with Gasteiger partial charge in [0.2, 0.25) is 23.6 Å². The van der Waals surface area contributed by atoms with Gasteiger partial charge in [0.1, 0.15) is 55.6 Å². The molecule has 7 unspecified atom stereocenters. The summed E-state index contributed by atoms with van der Waals surface area (Å²) in [4.78, 5) is 113. The van der Waals surface area contributed by atoms with Gasteiger partial charge in [0.25, 0.3) is 5.91 Å². The van der Waals surface area contributed by atoms with Gasteiger partial charge in [-0.15, -0.1) is 0 Å². The zero-order valence-electron chi connectivity index (χ0n) is 31.3. The number of rotatable bonds is 23. The van der Waals surface area contributed by atoms with E-state index in [0.717, 1.165) is 21.6 Å². The summed E-state index contributed by atoms with van der Waals surface area (Å²) in [6, 6.07) is -5.93. The first-order chi connectivity index (χ1) is 28.2. The maximum Gasteiger partial charge on any atom is 0.322 e. The summed E-state index contributed by atoms with van der Waals surface area (Å²) < 4.78 is 5.38. The van der Waals surface area contributed by atoms with Gasteiger partial charge in [-0.05, 0) is 12.8 Å². The SMILES string of the molecule is NC(CCC(=O)NC(CSSCC(NC(=O)CCC(N)C(=O)O)C(=O)NCC(=O)O)C(=O)NCC(=O)O)C(=O)O.NC1=NC2C(N=CN2C2O[C@@H](CO)[C@H](O)[C@@H]2O)C(=O)N1. The Balaban J connectivity index is 0.000000508. The number of nitrogens with zero attached hydrogens (tertiary/aromatic N) is 3. The van der Waals surface area contributed by atoms with Crippen LogP contribution in [0.4, 0.5) is 0 Å². The van der Waals surface area contributed by atoms with E-state index < -0.39 is 134 Å². The number of amides is 5. The van der Waals surface area contributed by atoms with Gasteiger partial charge in [-0.1, -0.05) is 21.6 Å². The molecule has 0 bridgehead atoms. The van der Waals surface area contributed by atoms with Crippen LogP contribution >= 0.6 is 21.6 Å². The van der Waals surface area contributed by atoms with Crippen molar-refractivity contribution in [2.75, 3.05) is 31.2 Å². The lowest BCUT2D eigenvalue weighted by Gasteiger charge is -2.32. The zero-order valence-corrected chi connectivity index (χ0v) is 33.0. The number of ether oxygens (including phenoxy) is 1. The molecule has 336 valence electrons. The number of aliphatic hydroxyl groups excluding tert-OH is 3. The van der Waals surface area contributed by atoms with Crippen LogP contribution in [0, 0.1) is 0 Å². The molecule has 0 aromatic rings. The topological polar surface area (TPSA) is 471 Å². The number of hydrogen-bond acceptors (Lipinski definition) is 21. The van der Waals surface area contributed by atoms with E-state index in [1.54, 1.807) is 0 Å². The highest BCUT2D eigenvalue weighted by Crippen LogP contribution is 2.29. The van der Waals surface area contributed by atoms with E-state index in [1.807, 2.05) is 0 Å². The number of aliphatic imine (C=N–C) groups is 2. The molecule has 3 heterocycles. The van der Waals surface area contributed by atoms with E-state index in [9.17, 15) is 53.4 Å². The highest BCUT2D eigenvalue weighted by atomic mass is 33.1. The van der Waals surface area contributed by atoms with E-state index >= 15 is 0 Å². The number of aliphatic carboxylic acids is 4. The number of nitrogens with two attached hydrogens (primary N) is 3. The van der Waals surface area contributed by atoms with E-state index in [-0.39, 0.29) is 43.1 Å². The molecule has 0 saturated carbocycles. The van der Waals surface area contributed by atoms with Crippen molar-refractivity contribution in [3.63, 3.8) is 0 Å². The molecule has 18 N–H and O–H groups in total. The van der Waals surface area contributed by atoms with Gasteiger partial charge < -0.3 is 83.9 Å². The van der Waals surface area contributed by atoms with Gasteiger partial charge in [-0.25, -0.2) is 4.99 Å². The van der Waals surface area contributed by atoms with Crippen LogP contribution in [0.5, 0.6) is 0 Å². The second-order valence-corrected chi connectivity index (χ2v) is 15.4. The molecule has 0 spiro atoms. The van der Waals surface area contributed by atoms with Crippen LogP contribution in [0.15, 0.2) is 9.98 Å². The number of carboxylic acids is 4. The van der Waals surface area contributed by atoms with Gasteiger partial charge in [-0.2, -0.15) is 0 Å². The predicted molar refractivity (Wildman–Crippen MR) is 205 cm³/mol. The van der Waals surface area contributed by atoms with Crippen molar-refractivity contribution in [3.05, 3.63) is 0 Å². The van der Waals surface area contributed by atoms with E-state index in [0.29, 0.717) is 0 Å². The van der Waals surface area contributed by atoms with Crippen LogP contribution in [0.3, 0.4) is 0 Å². The Labute approximate surface area is 346 Å². The molecule has 0 radical (unpaired) electrons. The van der Waals surface area contributed by atoms with E-state index in [2.05, 4.69) is 36.6 Å². The van der Waals surface area contributed by atoms with Crippen molar-refractivity contribution < 1.29 is 83.6 Å². The second kappa shape index (κ2) is 24.6. The Kier molecular flexibility index (Phi) is 20.9. The molecule has 0 aliphatic carbocycles. The third-order valence-corrected chi connectivity index (χ3v) is 10.7. The minimum Gasteiger partial charge on any atom is -0.480 e. The molecule has 5 amide bonds. The molecule has 28 nitrogen and oxygen atoms in total. The third kappa shape index (κ3) is 16.4. The van der Waals surface area contributed by atoms with Crippen molar-refractivity contribution in [2.45, 2.75) is 86.6 Å². The highest BCUT2D eigenvalue weighted by molar-refractivity contribution is 8.76. The highest BCUT2D eigenvalue weighted by Gasteiger charge is 2.50. The molecule has 10 atom stereocenters. The van der Waals surface area contributed by atoms with Crippen molar-refractivity contribution in [3.8, 4) is 0 Å². The average Bonchev–Trinajstić information content (AvgIpc) is 3.73. The smallest absolute Gasteiger partial charge is 0.322 e. The molecule has 1 saturated heterocycles. The molecule has 3 aliphatic heterocycles. The maximum atomic E-state index is 12.4. The molecule has 0 aromatic carbocycles. The number of nitrogens with one attached hydrogen (secondary N) is 5. The van der Waals surface area contributed by atoms with Gasteiger partial charge in [-0.3, -0.25) is 53.5 Å². The van der Waals surface area contributed by atoms with Crippen molar-refractivity contribution >= 4 is 87.3 Å². The number of carbonyl (C=O) groups is 9. The summed E-state index contributed by atoms with van der Waals surface area (Å²) in [5.74, 6) is -9.25. The summed E-state index contributed by atoms with van der Waals surface area (Å²) in [6.45, 7) is -1.91. The molecule has 30 heteroatoms. The molecule has 60 heavy (non-hydrogen) atoms. The standard InChI is InChI=1S/C20H32N6O12S2.C10H15N5O5/c21-9(19(35)36)1-3-13(27)25-11(17(33)23-5-15(29)30)7-39-40-8-12(18(34)24-6-16(31)32)26-14(28)4-2-10(22)20(37)38;11-10-13-7-4(8(19)14-10)12-2-15(7)9-6(18)5(17)3(1-16)20-9/h9-12H,1-8,21-22H2,(H,23,33)(H,24,34)(H,25,27)(H,26,28)(H,29,30)(H,31,32)(H,35,36)(H,37,38);2-7,9,16-18H,1H2,(H3,11,13,14,19)/t;3-,4?,5-,6-,7?,9?/m.0/s1. The van der Waals surface area contributed by atoms with Crippen LogP contribution in [-0.4, -0.2) is 198 Å². The van der Waals surface area contributed by atoms with E-state index in [1.165, 1.54) is 11.2 Å². The van der Waals surface area contributed by atoms with Crippen LogP contribution in [0.25, 0.3) is 0 Å². The first-order valence-electron chi connectivity index (χ1n) is 17.5. The van der Waals surface area contributed by atoms with Gasteiger partial charge in [0.05, 0.1) is 12.9 Å². The summed E-state index contributed by atoms with van der Waals surface area (Å²) in [5, 5.41) is 75.2. The van der Waals surface area contributed by atoms with Crippen molar-refractivity contribution in [1.29, 1.82) is 0 Å². The fraction of sp³-hybridized carbons (Fsp3) is 0.633. The molecule has 1 fully saturated rings. The van der Waals surface area contributed by atoms with Crippen LogP contribution in [0.1, 0.15) is 25.7 Å². The summed E-state index contributed by atoms with van der Waals surface area (Å²) in [6.07, 6.45) is -4.85. The molecule has 3 rings (SSSR count). The Morgan fingerprint density at radius 2 is 1.28 bits per heavy atom. The Bertz CT molecular complexity index is 1590.